The van der Waals surface area contributed by atoms with Crippen LogP contribution in [0.3, 0.4) is 0 Å². The second kappa shape index (κ2) is 6.59. The van der Waals surface area contributed by atoms with Crippen molar-refractivity contribution in [1.29, 1.82) is 0 Å². The third-order valence-corrected chi connectivity index (χ3v) is 3.44. The van der Waals surface area contributed by atoms with Gasteiger partial charge in [-0.2, -0.15) is 0 Å². The van der Waals surface area contributed by atoms with Gasteiger partial charge >= 0.3 is 0 Å². The molecule has 0 aliphatic carbocycles. The maximum Gasteiger partial charge on any atom is 0.255 e. The molecule has 0 spiro atoms. The highest BCUT2D eigenvalue weighted by atomic mass is 31.2. The van der Waals surface area contributed by atoms with Crippen LogP contribution >= 0.6 is 7.14 Å². The van der Waals surface area contributed by atoms with Gasteiger partial charge in [0.05, 0.1) is 0 Å². The van der Waals surface area contributed by atoms with Crippen molar-refractivity contribution in [1.82, 2.24) is 0 Å². The molecule has 1 amide bonds. The molecule has 110 valence electrons. The van der Waals surface area contributed by atoms with Crippen LogP contribution in [0.1, 0.15) is 10.4 Å². The molecule has 5 heteroatoms. The molecule has 0 saturated carbocycles. The molecule has 4 nitrogen and oxygen atoms in total. The fourth-order valence-electron chi connectivity index (χ4n) is 1.66. The van der Waals surface area contributed by atoms with Crippen LogP contribution in [0, 0.1) is 0 Å². The summed E-state index contributed by atoms with van der Waals surface area (Å²) < 4.78 is 17.0. The number of anilines is 1. The number of hydrogen-bond donors (Lipinski definition) is 1. The van der Waals surface area contributed by atoms with E-state index >= 15 is 0 Å². The Hall–Kier alpha value is -2.06. The molecule has 0 atom stereocenters. The Bertz CT molecular complexity index is 647. The highest BCUT2D eigenvalue weighted by molar-refractivity contribution is 7.62. The van der Waals surface area contributed by atoms with E-state index in [1.807, 2.05) is 18.2 Å². The summed E-state index contributed by atoms with van der Waals surface area (Å²) in [5, 5.41) is 2.81. The van der Waals surface area contributed by atoms with E-state index in [1.165, 1.54) is 0 Å². The molecule has 2 aromatic rings. The Balaban J connectivity index is 1.96. The summed E-state index contributed by atoms with van der Waals surface area (Å²) in [6.07, 6.45) is 0.211. The molecule has 0 bridgehead atoms. The zero-order valence-electron chi connectivity index (χ0n) is 12.1. The smallest absolute Gasteiger partial charge is 0.255 e. The summed E-state index contributed by atoms with van der Waals surface area (Å²) in [6, 6.07) is 16.0. The van der Waals surface area contributed by atoms with Crippen LogP contribution in [0.4, 0.5) is 5.69 Å². The molecular weight excluding hydrogens is 285 g/mol. The molecule has 0 fully saturated rings. The van der Waals surface area contributed by atoms with Crippen molar-refractivity contribution in [3.8, 4) is 5.75 Å². The van der Waals surface area contributed by atoms with Crippen LogP contribution < -0.4 is 10.1 Å². The lowest BCUT2D eigenvalue weighted by Gasteiger charge is -2.10. The molecule has 0 aromatic heterocycles. The molecule has 0 saturated heterocycles. The molecule has 2 aromatic carbocycles. The summed E-state index contributed by atoms with van der Waals surface area (Å²) in [6.45, 7) is 3.36. The second-order valence-corrected chi connectivity index (χ2v) is 8.60. The normalized spacial score (nSPS) is 11.0. The van der Waals surface area contributed by atoms with Crippen molar-refractivity contribution in [2.75, 3.05) is 25.0 Å². The zero-order chi connectivity index (χ0) is 15.3. The van der Waals surface area contributed by atoms with Gasteiger partial charge in [0.25, 0.3) is 5.91 Å². The van der Waals surface area contributed by atoms with Crippen LogP contribution in [0.2, 0.25) is 0 Å². The number of carbonyl (C=O) groups is 1. The molecule has 0 aliphatic rings. The van der Waals surface area contributed by atoms with Gasteiger partial charge in [-0.1, -0.05) is 18.2 Å². The highest BCUT2D eigenvalue weighted by Gasteiger charge is 2.08. The third kappa shape index (κ3) is 5.09. The first-order chi connectivity index (χ1) is 9.94. The molecule has 0 unspecified atom stereocenters. The van der Waals surface area contributed by atoms with Gasteiger partial charge in [0.1, 0.15) is 19.2 Å². The molecule has 0 heterocycles. The fourth-order valence-corrected chi connectivity index (χ4v) is 2.12. The standard InChI is InChI=1S/C16H18NO3P/c1-21(2,19)12-20-15-10-8-14(9-11-15)17-16(18)13-6-4-3-5-7-13/h3-11H,12H2,1-2H3,(H,17,18). The van der Waals surface area contributed by atoms with Crippen LogP contribution in [0.5, 0.6) is 5.75 Å². The molecular formula is C16H18NO3P. The number of rotatable bonds is 5. The predicted octanol–water partition coefficient (Wildman–Crippen LogP) is 3.90. The Morgan fingerprint density at radius 3 is 2.24 bits per heavy atom. The Morgan fingerprint density at radius 2 is 1.67 bits per heavy atom. The zero-order valence-corrected chi connectivity index (χ0v) is 13.0. The van der Waals surface area contributed by atoms with Gasteiger partial charge in [0.2, 0.25) is 0 Å². The van der Waals surface area contributed by atoms with Crippen molar-refractivity contribution >= 4 is 18.7 Å². The van der Waals surface area contributed by atoms with E-state index in [9.17, 15) is 9.36 Å². The Labute approximate surface area is 124 Å². The maximum atomic E-state index is 12.0. The minimum atomic E-state index is -2.20. The molecule has 0 radical (unpaired) electrons. The van der Waals surface area contributed by atoms with Crippen molar-refractivity contribution < 1.29 is 14.1 Å². The summed E-state index contributed by atoms with van der Waals surface area (Å²) in [7, 11) is -2.20. The van der Waals surface area contributed by atoms with Crippen LogP contribution in [0.15, 0.2) is 54.6 Å². The number of carbonyl (C=O) groups excluding carboxylic acids is 1. The average Bonchev–Trinajstić information content (AvgIpc) is 2.46. The molecule has 0 aliphatic heterocycles. The SMILES string of the molecule is CP(C)(=O)COc1ccc(NC(=O)c2ccccc2)cc1. The van der Waals surface area contributed by atoms with E-state index in [1.54, 1.807) is 49.7 Å². The van der Waals surface area contributed by atoms with E-state index in [2.05, 4.69) is 5.32 Å². The van der Waals surface area contributed by atoms with E-state index < -0.39 is 7.14 Å². The van der Waals surface area contributed by atoms with Gasteiger partial charge in [-0.05, 0) is 49.7 Å². The first-order valence-electron chi connectivity index (χ1n) is 6.57. The third-order valence-electron chi connectivity index (χ3n) is 2.69. The molecule has 21 heavy (non-hydrogen) atoms. The van der Waals surface area contributed by atoms with Crippen molar-refractivity contribution in [2.24, 2.45) is 0 Å². The van der Waals surface area contributed by atoms with Crippen molar-refractivity contribution in [3.05, 3.63) is 60.2 Å². The van der Waals surface area contributed by atoms with E-state index in [0.29, 0.717) is 17.0 Å². The Kier molecular flexibility index (Phi) is 4.81. The molecule has 1 N–H and O–H groups in total. The summed E-state index contributed by atoms with van der Waals surface area (Å²) in [5.41, 5.74) is 1.29. The minimum absolute atomic E-state index is 0.157. The van der Waals surface area contributed by atoms with Crippen molar-refractivity contribution in [3.63, 3.8) is 0 Å². The molecule has 2 rings (SSSR count). The fraction of sp³-hybridized carbons (Fsp3) is 0.188. The monoisotopic (exact) mass is 303 g/mol. The van der Waals surface area contributed by atoms with Gasteiger partial charge in [-0.25, -0.2) is 0 Å². The lowest BCUT2D eigenvalue weighted by atomic mass is 10.2. The van der Waals surface area contributed by atoms with E-state index in [-0.39, 0.29) is 12.3 Å². The number of amides is 1. The maximum absolute atomic E-state index is 12.0. The Morgan fingerprint density at radius 1 is 1.05 bits per heavy atom. The number of nitrogens with one attached hydrogen (secondary N) is 1. The minimum Gasteiger partial charge on any atom is -0.486 e. The predicted molar refractivity (Wildman–Crippen MR) is 85.8 cm³/mol. The van der Waals surface area contributed by atoms with Gasteiger partial charge in [-0.15, -0.1) is 0 Å². The number of hydrogen-bond acceptors (Lipinski definition) is 3. The lowest BCUT2D eigenvalue weighted by molar-refractivity contribution is 0.102. The van der Waals surface area contributed by atoms with Crippen molar-refractivity contribution in [2.45, 2.75) is 0 Å². The topological polar surface area (TPSA) is 55.4 Å². The number of benzene rings is 2. The quantitative estimate of drug-likeness (QED) is 0.852. The van der Waals surface area contributed by atoms with Crippen LogP contribution in [-0.4, -0.2) is 25.6 Å². The van der Waals surface area contributed by atoms with Gasteiger partial charge in [0.15, 0.2) is 0 Å². The van der Waals surface area contributed by atoms with E-state index in [0.717, 1.165) is 0 Å². The van der Waals surface area contributed by atoms with E-state index in [4.69, 9.17) is 4.74 Å². The highest BCUT2D eigenvalue weighted by Crippen LogP contribution is 2.35. The first kappa shape index (κ1) is 15.3. The number of ether oxygens (including phenoxy) is 1. The first-order valence-corrected chi connectivity index (χ1v) is 9.36. The lowest BCUT2D eigenvalue weighted by Crippen LogP contribution is -2.11. The average molecular weight is 303 g/mol. The summed E-state index contributed by atoms with van der Waals surface area (Å²) in [5.74, 6) is 0.479. The summed E-state index contributed by atoms with van der Waals surface area (Å²) >= 11 is 0. The van der Waals surface area contributed by atoms with Gasteiger partial charge < -0.3 is 14.6 Å². The second-order valence-electron chi connectivity index (χ2n) is 5.19. The summed E-state index contributed by atoms with van der Waals surface area (Å²) in [4.78, 5) is 12.0. The van der Waals surface area contributed by atoms with Gasteiger partial charge in [0, 0.05) is 11.3 Å². The van der Waals surface area contributed by atoms with Crippen LogP contribution in [0.25, 0.3) is 0 Å². The van der Waals surface area contributed by atoms with Gasteiger partial charge in [-0.3, -0.25) is 4.79 Å². The van der Waals surface area contributed by atoms with Crippen LogP contribution in [-0.2, 0) is 4.57 Å². The largest absolute Gasteiger partial charge is 0.486 e.